The summed E-state index contributed by atoms with van der Waals surface area (Å²) in [5, 5.41) is 8.62. The van der Waals surface area contributed by atoms with Gasteiger partial charge in [-0.1, -0.05) is 65.0 Å². The third kappa shape index (κ3) is 6.21. The minimum atomic E-state index is -1.02. The van der Waals surface area contributed by atoms with E-state index in [1.54, 1.807) is 4.90 Å². The molecule has 11 heteroatoms. The van der Waals surface area contributed by atoms with E-state index in [1.165, 1.54) is 7.11 Å². The van der Waals surface area contributed by atoms with E-state index in [0.29, 0.717) is 13.0 Å². The van der Waals surface area contributed by atoms with E-state index >= 15 is 0 Å². The highest BCUT2D eigenvalue weighted by Crippen LogP contribution is 2.65. The molecule has 2 saturated carbocycles. The van der Waals surface area contributed by atoms with Gasteiger partial charge in [0.2, 0.25) is 17.7 Å². The maximum Gasteiger partial charge on any atom is 0.408 e. The summed E-state index contributed by atoms with van der Waals surface area (Å²) in [5.74, 6) is -1.99. The molecule has 5 rings (SSSR count). The van der Waals surface area contributed by atoms with E-state index in [2.05, 4.69) is 29.8 Å². The van der Waals surface area contributed by atoms with Crippen molar-refractivity contribution in [3.63, 3.8) is 0 Å². The molecule has 43 heavy (non-hydrogen) atoms. The van der Waals surface area contributed by atoms with Gasteiger partial charge in [-0.25, -0.2) is 9.59 Å². The van der Waals surface area contributed by atoms with Crippen LogP contribution in [0, 0.1) is 28.6 Å². The third-order valence-corrected chi connectivity index (χ3v) is 9.92. The molecule has 3 N–H and O–H groups in total. The number of amides is 4. The molecule has 2 heterocycles. The number of nitrogens with one attached hydrogen (secondary N) is 3. The van der Waals surface area contributed by atoms with E-state index in [0.717, 1.165) is 18.4 Å². The van der Waals surface area contributed by atoms with Gasteiger partial charge < -0.3 is 30.3 Å². The fourth-order valence-electron chi connectivity index (χ4n) is 7.06. The zero-order valence-electron chi connectivity index (χ0n) is 25.9. The van der Waals surface area contributed by atoms with Gasteiger partial charge in [0.1, 0.15) is 24.7 Å². The third-order valence-electron chi connectivity index (χ3n) is 9.92. The molecule has 0 bridgehead atoms. The maximum atomic E-state index is 14.1. The minimum absolute atomic E-state index is 0.0554. The number of hydrogen-bond donors (Lipinski definition) is 3. The number of hydrogen-bond acceptors (Lipinski definition) is 7. The number of nitrogens with zero attached hydrogens (tertiary/aromatic N) is 1. The van der Waals surface area contributed by atoms with Crippen LogP contribution in [0.4, 0.5) is 4.79 Å². The Morgan fingerprint density at radius 1 is 1.09 bits per heavy atom. The number of fused-ring (bicyclic) bond motifs is 1. The van der Waals surface area contributed by atoms with Gasteiger partial charge in [0.05, 0.1) is 7.11 Å². The van der Waals surface area contributed by atoms with Crippen molar-refractivity contribution in [2.24, 2.45) is 28.6 Å². The summed E-state index contributed by atoms with van der Waals surface area (Å²) < 4.78 is 10.4. The molecule has 1 aromatic carbocycles. The van der Waals surface area contributed by atoms with Crippen LogP contribution in [0.1, 0.15) is 65.9 Å². The molecule has 234 valence electrons. The van der Waals surface area contributed by atoms with E-state index in [9.17, 15) is 24.0 Å². The van der Waals surface area contributed by atoms with Crippen LogP contribution < -0.4 is 16.0 Å². The largest absolute Gasteiger partial charge is 0.467 e. The highest BCUT2D eigenvalue weighted by Gasteiger charge is 2.70. The van der Waals surface area contributed by atoms with Crippen molar-refractivity contribution >= 4 is 29.8 Å². The Morgan fingerprint density at radius 3 is 2.35 bits per heavy atom. The summed E-state index contributed by atoms with van der Waals surface area (Å²) in [6.45, 7) is 10.1. The van der Waals surface area contributed by atoms with Crippen LogP contribution in [0.2, 0.25) is 0 Å². The normalized spacial score (nSPS) is 27.4. The van der Waals surface area contributed by atoms with Gasteiger partial charge in [-0.3, -0.25) is 14.4 Å². The van der Waals surface area contributed by atoms with Crippen LogP contribution in [0.5, 0.6) is 0 Å². The summed E-state index contributed by atoms with van der Waals surface area (Å²) in [4.78, 5) is 67.8. The highest BCUT2D eigenvalue weighted by molar-refractivity contribution is 5.95. The molecular formula is C32H44N4O7. The van der Waals surface area contributed by atoms with E-state index in [-0.39, 0.29) is 47.6 Å². The molecule has 1 spiro atoms. The number of carbonyl (C=O) groups is 5. The standard InChI is InChI=1S/C32H44N4O7/c1-30(2,3)24(34-29(41)43-17-18-10-8-7-9-11-18)27(39)36-16-20-22(31(20,4)5)23(36)26(38)33-21(28(40)42-6)14-19-15-32(12-13-32)35-25(19)37/h7-11,19-24H,12-17H2,1-6H3,(H,33,38)(H,34,41)(H,35,37)/t19-,20+,21+,22+,23+,24-/m1/s1. The lowest BCUT2D eigenvalue weighted by Crippen LogP contribution is -2.60. The molecule has 1 aromatic rings. The molecule has 2 saturated heterocycles. The zero-order chi connectivity index (χ0) is 31.3. The molecule has 0 aromatic heterocycles. The maximum absolute atomic E-state index is 14.1. The lowest BCUT2D eigenvalue weighted by atomic mass is 9.85. The monoisotopic (exact) mass is 596 g/mol. The second kappa shape index (κ2) is 11.1. The fourth-order valence-corrected chi connectivity index (χ4v) is 7.06. The second-order valence-corrected chi connectivity index (χ2v) is 14.4. The number of rotatable bonds is 9. The predicted molar refractivity (Wildman–Crippen MR) is 156 cm³/mol. The summed E-state index contributed by atoms with van der Waals surface area (Å²) in [5.41, 5.74) is -0.195. The van der Waals surface area contributed by atoms with Crippen molar-refractivity contribution in [2.75, 3.05) is 13.7 Å². The topological polar surface area (TPSA) is 143 Å². The summed E-state index contributed by atoms with van der Waals surface area (Å²) >= 11 is 0. The Morgan fingerprint density at radius 2 is 1.77 bits per heavy atom. The Kier molecular flexibility index (Phi) is 7.98. The molecule has 6 atom stereocenters. The number of esters is 1. The molecule has 2 aliphatic heterocycles. The first-order chi connectivity index (χ1) is 20.2. The molecule has 4 aliphatic rings. The number of alkyl carbamates (subject to hydrolysis) is 1. The lowest BCUT2D eigenvalue weighted by molar-refractivity contribution is -0.148. The van der Waals surface area contributed by atoms with Crippen molar-refractivity contribution < 1.29 is 33.4 Å². The molecule has 0 radical (unpaired) electrons. The molecule has 4 amide bonds. The minimum Gasteiger partial charge on any atom is -0.467 e. The van der Waals surface area contributed by atoms with Gasteiger partial charge in [0, 0.05) is 18.0 Å². The van der Waals surface area contributed by atoms with Crippen molar-refractivity contribution in [2.45, 2.75) is 90.6 Å². The van der Waals surface area contributed by atoms with E-state index < -0.39 is 47.4 Å². The average molecular weight is 597 g/mol. The van der Waals surface area contributed by atoms with Crippen LogP contribution in [0.25, 0.3) is 0 Å². The van der Waals surface area contributed by atoms with E-state index in [4.69, 9.17) is 9.47 Å². The average Bonchev–Trinajstić information content (AvgIpc) is 3.67. The van der Waals surface area contributed by atoms with Gasteiger partial charge in [0.25, 0.3) is 0 Å². The summed E-state index contributed by atoms with van der Waals surface area (Å²) in [6, 6.07) is 6.43. The van der Waals surface area contributed by atoms with Gasteiger partial charge in [-0.15, -0.1) is 0 Å². The fraction of sp³-hybridized carbons (Fsp3) is 0.656. The number of benzene rings is 1. The predicted octanol–water partition coefficient (Wildman–Crippen LogP) is 2.53. The van der Waals surface area contributed by atoms with Gasteiger partial charge in [-0.2, -0.15) is 0 Å². The smallest absolute Gasteiger partial charge is 0.408 e. The Balaban J connectivity index is 1.30. The van der Waals surface area contributed by atoms with Crippen LogP contribution in [0.15, 0.2) is 30.3 Å². The molecule has 11 nitrogen and oxygen atoms in total. The quantitative estimate of drug-likeness (QED) is 0.372. The molecule has 4 fully saturated rings. The van der Waals surface area contributed by atoms with E-state index in [1.807, 2.05) is 51.1 Å². The SMILES string of the molecule is COC(=O)[C@H](C[C@@H]1CC2(CC2)NC1=O)NC(=O)[C@@H]1[C@@H]2[C@H](CN1C(=O)[C@@H](NC(=O)OCc1ccccc1)C(C)(C)C)C2(C)C. The van der Waals surface area contributed by atoms with Crippen LogP contribution in [-0.2, 0) is 35.3 Å². The van der Waals surface area contributed by atoms with Crippen molar-refractivity contribution in [1.82, 2.24) is 20.9 Å². The van der Waals surface area contributed by atoms with Gasteiger partial charge in [-0.05, 0) is 53.9 Å². The second-order valence-electron chi connectivity index (χ2n) is 14.4. The summed E-state index contributed by atoms with van der Waals surface area (Å²) in [7, 11) is 1.25. The first kappa shape index (κ1) is 30.8. The van der Waals surface area contributed by atoms with Crippen molar-refractivity contribution in [3.05, 3.63) is 35.9 Å². The number of methoxy groups -OCH3 is 1. The Hall–Kier alpha value is -3.63. The molecule has 0 unspecified atom stereocenters. The lowest BCUT2D eigenvalue weighted by Gasteiger charge is -2.37. The molecule has 2 aliphatic carbocycles. The number of piperidine rings is 1. The van der Waals surface area contributed by atoms with Crippen LogP contribution in [-0.4, -0.2) is 72.0 Å². The zero-order valence-corrected chi connectivity index (χ0v) is 25.9. The Bertz CT molecular complexity index is 1290. The van der Waals surface area contributed by atoms with Gasteiger partial charge >= 0.3 is 12.1 Å². The highest BCUT2D eigenvalue weighted by atomic mass is 16.5. The van der Waals surface area contributed by atoms with Crippen molar-refractivity contribution in [3.8, 4) is 0 Å². The first-order valence-electron chi connectivity index (χ1n) is 15.1. The number of ether oxygens (including phenoxy) is 2. The van der Waals surface area contributed by atoms with Gasteiger partial charge in [0.15, 0.2) is 0 Å². The summed E-state index contributed by atoms with van der Waals surface area (Å²) in [6.07, 6.45) is 1.87. The number of likely N-dealkylation sites (tertiary alicyclic amines) is 1. The molecular weight excluding hydrogens is 552 g/mol. The Labute approximate surface area is 252 Å². The van der Waals surface area contributed by atoms with Crippen LogP contribution in [0.3, 0.4) is 0 Å². The van der Waals surface area contributed by atoms with Crippen molar-refractivity contribution in [1.29, 1.82) is 0 Å². The number of carbonyl (C=O) groups excluding carboxylic acids is 5. The van der Waals surface area contributed by atoms with Crippen LogP contribution >= 0.6 is 0 Å². The first-order valence-corrected chi connectivity index (χ1v) is 15.1.